The molecule has 0 heterocycles. The summed E-state index contributed by atoms with van der Waals surface area (Å²) in [6.45, 7) is 3.15. The fraction of sp³-hybridized carbons (Fsp3) is 0.538. The molecule has 106 valence electrons. The molecule has 0 N–H and O–H groups in total. The number of benzene rings is 1. The zero-order valence-electron chi connectivity index (χ0n) is 11.9. The summed E-state index contributed by atoms with van der Waals surface area (Å²) in [4.78, 5) is 10.7. The van der Waals surface area contributed by atoms with Crippen molar-refractivity contribution in [1.82, 2.24) is 0 Å². The summed E-state index contributed by atoms with van der Waals surface area (Å²) in [5, 5.41) is 11.0. The van der Waals surface area contributed by atoms with Crippen molar-refractivity contribution in [2.45, 2.75) is 25.8 Å². The van der Waals surface area contributed by atoms with Crippen LogP contribution >= 0.6 is 0 Å². The van der Waals surface area contributed by atoms with Crippen LogP contribution < -0.4 is 14.2 Å². The third-order valence-corrected chi connectivity index (χ3v) is 2.90. The molecule has 0 atom stereocenters. The van der Waals surface area contributed by atoms with E-state index in [4.69, 9.17) is 14.2 Å². The molecule has 6 nitrogen and oxygen atoms in total. The number of rotatable bonds is 6. The Morgan fingerprint density at radius 2 is 1.68 bits per heavy atom. The predicted octanol–water partition coefficient (Wildman–Crippen LogP) is 2.31. The molecule has 0 aliphatic carbocycles. The second-order valence-electron chi connectivity index (χ2n) is 4.74. The highest BCUT2D eigenvalue weighted by molar-refractivity contribution is 5.56. The lowest BCUT2D eigenvalue weighted by Gasteiger charge is -2.19. The van der Waals surface area contributed by atoms with Crippen LogP contribution in [0.4, 0.5) is 0 Å². The van der Waals surface area contributed by atoms with Crippen LogP contribution in [0.25, 0.3) is 0 Å². The first kappa shape index (κ1) is 15.1. The molecule has 1 aromatic rings. The van der Waals surface area contributed by atoms with Crippen molar-refractivity contribution in [3.05, 3.63) is 27.8 Å². The SMILES string of the molecule is COc1ccc(CC(C)(C)[N+](=O)[O-])c(OC)c1OC. The second-order valence-corrected chi connectivity index (χ2v) is 4.74. The molecule has 6 heteroatoms. The van der Waals surface area contributed by atoms with Crippen molar-refractivity contribution in [3.8, 4) is 17.2 Å². The Bertz CT molecular complexity index is 470. The monoisotopic (exact) mass is 269 g/mol. The molecule has 1 rings (SSSR count). The Balaban J connectivity index is 3.26. The number of hydrogen-bond acceptors (Lipinski definition) is 5. The number of hydrogen-bond donors (Lipinski definition) is 0. The van der Waals surface area contributed by atoms with Crippen molar-refractivity contribution in [3.63, 3.8) is 0 Å². The lowest BCUT2D eigenvalue weighted by atomic mass is 9.94. The average molecular weight is 269 g/mol. The van der Waals surface area contributed by atoms with Gasteiger partial charge in [0.05, 0.1) is 21.3 Å². The van der Waals surface area contributed by atoms with E-state index >= 15 is 0 Å². The summed E-state index contributed by atoms with van der Waals surface area (Å²) < 4.78 is 15.7. The van der Waals surface area contributed by atoms with Crippen molar-refractivity contribution in [1.29, 1.82) is 0 Å². The summed E-state index contributed by atoms with van der Waals surface area (Å²) in [7, 11) is 4.53. The van der Waals surface area contributed by atoms with Gasteiger partial charge in [-0.3, -0.25) is 10.1 Å². The maximum atomic E-state index is 11.0. The smallest absolute Gasteiger partial charge is 0.220 e. The minimum Gasteiger partial charge on any atom is -0.493 e. The fourth-order valence-corrected chi connectivity index (χ4v) is 1.83. The van der Waals surface area contributed by atoms with Gasteiger partial charge in [-0.15, -0.1) is 0 Å². The molecule has 19 heavy (non-hydrogen) atoms. The molecule has 0 aliphatic heterocycles. The van der Waals surface area contributed by atoms with E-state index in [0.717, 1.165) is 0 Å². The average Bonchev–Trinajstić information content (AvgIpc) is 2.37. The molecule has 0 saturated heterocycles. The molecule has 0 fully saturated rings. The van der Waals surface area contributed by atoms with Gasteiger partial charge < -0.3 is 14.2 Å². The molecule has 0 radical (unpaired) electrons. The van der Waals surface area contributed by atoms with Crippen LogP contribution in [0.1, 0.15) is 19.4 Å². The van der Waals surface area contributed by atoms with Gasteiger partial charge in [0.15, 0.2) is 11.5 Å². The van der Waals surface area contributed by atoms with Crippen LogP contribution in [0.3, 0.4) is 0 Å². The van der Waals surface area contributed by atoms with E-state index < -0.39 is 5.54 Å². The molecule has 0 amide bonds. The number of nitro groups is 1. The summed E-state index contributed by atoms with van der Waals surface area (Å²) in [6.07, 6.45) is 0.240. The van der Waals surface area contributed by atoms with E-state index in [9.17, 15) is 10.1 Å². The standard InChI is InChI=1S/C13H19NO5/c1-13(2,14(15)16)8-9-6-7-10(17-3)12(19-5)11(9)18-4/h6-7H,8H2,1-5H3. The molecule has 0 unspecified atom stereocenters. The molecule has 0 saturated carbocycles. The highest BCUT2D eigenvalue weighted by atomic mass is 16.6. The summed E-state index contributed by atoms with van der Waals surface area (Å²) in [6, 6.07) is 3.47. The van der Waals surface area contributed by atoms with E-state index in [1.807, 2.05) is 0 Å². The first-order valence-corrected chi connectivity index (χ1v) is 5.79. The molecular weight excluding hydrogens is 250 g/mol. The van der Waals surface area contributed by atoms with Crippen LogP contribution in [0.2, 0.25) is 0 Å². The van der Waals surface area contributed by atoms with E-state index in [1.165, 1.54) is 21.3 Å². The van der Waals surface area contributed by atoms with Gasteiger partial charge in [0.2, 0.25) is 11.3 Å². The largest absolute Gasteiger partial charge is 0.493 e. The van der Waals surface area contributed by atoms with Gasteiger partial charge in [0.25, 0.3) is 0 Å². The van der Waals surface area contributed by atoms with Gasteiger partial charge in [-0.2, -0.15) is 0 Å². The van der Waals surface area contributed by atoms with Crippen LogP contribution in [0.15, 0.2) is 12.1 Å². The maximum absolute atomic E-state index is 11.0. The zero-order valence-corrected chi connectivity index (χ0v) is 11.9. The second kappa shape index (κ2) is 5.77. The van der Waals surface area contributed by atoms with Gasteiger partial charge in [0.1, 0.15) is 0 Å². The quantitative estimate of drug-likeness (QED) is 0.585. The Kier molecular flexibility index (Phi) is 4.58. The normalized spacial score (nSPS) is 11.0. The minimum atomic E-state index is -1.08. The van der Waals surface area contributed by atoms with Crippen molar-refractivity contribution < 1.29 is 19.1 Å². The lowest BCUT2D eigenvalue weighted by Crippen LogP contribution is -2.33. The van der Waals surface area contributed by atoms with Crippen molar-refractivity contribution in [2.24, 2.45) is 0 Å². The van der Waals surface area contributed by atoms with Gasteiger partial charge in [-0.05, 0) is 6.07 Å². The third kappa shape index (κ3) is 3.07. The Hall–Kier alpha value is -1.98. The van der Waals surface area contributed by atoms with Gasteiger partial charge in [0, 0.05) is 30.8 Å². The first-order chi connectivity index (χ1) is 8.87. The van der Waals surface area contributed by atoms with Crippen LogP contribution in [-0.2, 0) is 6.42 Å². The summed E-state index contributed by atoms with van der Waals surface area (Å²) >= 11 is 0. The van der Waals surface area contributed by atoms with Gasteiger partial charge in [-0.1, -0.05) is 6.07 Å². The molecule has 1 aromatic carbocycles. The van der Waals surface area contributed by atoms with Crippen LogP contribution in [-0.4, -0.2) is 31.8 Å². The first-order valence-electron chi connectivity index (χ1n) is 5.79. The van der Waals surface area contributed by atoms with Crippen LogP contribution in [0, 0.1) is 10.1 Å². The van der Waals surface area contributed by atoms with E-state index in [-0.39, 0.29) is 11.3 Å². The third-order valence-electron chi connectivity index (χ3n) is 2.90. The highest BCUT2D eigenvalue weighted by Crippen LogP contribution is 2.41. The topological polar surface area (TPSA) is 70.8 Å². The number of ether oxygens (including phenoxy) is 3. The number of nitrogens with zero attached hydrogens (tertiary/aromatic N) is 1. The number of methoxy groups -OCH3 is 3. The minimum absolute atomic E-state index is 0.240. The zero-order chi connectivity index (χ0) is 14.6. The Morgan fingerprint density at radius 3 is 2.11 bits per heavy atom. The Morgan fingerprint density at radius 1 is 1.11 bits per heavy atom. The molecule has 0 aromatic heterocycles. The molecule has 0 spiro atoms. The molecular formula is C13H19NO5. The highest BCUT2D eigenvalue weighted by Gasteiger charge is 2.33. The van der Waals surface area contributed by atoms with Crippen molar-refractivity contribution in [2.75, 3.05) is 21.3 Å². The Labute approximate surface area is 112 Å². The van der Waals surface area contributed by atoms with Crippen LogP contribution in [0.5, 0.6) is 17.2 Å². The molecule has 0 bridgehead atoms. The van der Waals surface area contributed by atoms with E-state index in [2.05, 4.69) is 0 Å². The summed E-state index contributed by atoms with van der Waals surface area (Å²) in [5.41, 5.74) is -0.366. The van der Waals surface area contributed by atoms with E-state index in [0.29, 0.717) is 22.8 Å². The molecule has 0 aliphatic rings. The van der Waals surface area contributed by atoms with Gasteiger partial charge >= 0.3 is 0 Å². The summed E-state index contributed by atoms with van der Waals surface area (Å²) in [5.74, 6) is 1.44. The van der Waals surface area contributed by atoms with Gasteiger partial charge in [-0.25, -0.2) is 0 Å². The maximum Gasteiger partial charge on any atom is 0.220 e. The van der Waals surface area contributed by atoms with Crippen molar-refractivity contribution >= 4 is 0 Å². The van der Waals surface area contributed by atoms with E-state index in [1.54, 1.807) is 26.0 Å². The lowest BCUT2D eigenvalue weighted by molar-refractivity contribution is -0.560. The fourth-order valence-electron chi connectivity index (χ4n) is 1.83. The predicted molar refractivity (Wildman–Crippen MR) is 70.9 cm³/mol.